The molecular weight excluding hydrogens is 696 g/mol. The van der Waals surface area contributed by atoms with Gasteiger partial charge in [0.05, 0.1) is 51.7 Å². The number of morpholine rings is 1. The number of aromatic nitrogens is 4. The van der Waals surface area contributed by atoms with Crippen LogP contribution in [0.3, 0.4) is 0 Å². The van der Waals surface area contributed by atoms with Gasteiger partial charge < -0.3 is 19.3 Å². The number of halogens is 3. The third-order valence-electron chi connectivity index (χ3n) is 4.55. The van der Waals surface area contributed by atoms with Crippen molar-refractivity contribution in [2.45, 2.75) is 31.4 Å². The van der Waals surface area contributed by atoms with Gasteiger partial charge in [0.1, 0.15) is 13.5 Å². The van der Waals surface area contributed by atoms with E-state index in [-0.39, 0.29) is 6.10 Å². The Morgan fingerprint density at radius 3 is 2.03 bits per heavy atom. The molecule has 5 heterocycles. The molecule has 0 aromatic carbocycles. The van der Waals surface area contributed by atoms with Gasteiger partial charge in [-0.05, 0) is 57.3 Å². The van der Waals surface area contributed by atoms with E-state index in [0.717, 1.165) is 58.8 Å². The molecule has 3 unspecified atom stereocenters. The van der Waals surface area contributed by atoms with E-state index < -0.39 is 0 Å². The molecule has 0 radical (unpaired) electrons. The maximum Gasteiger partial charge on any atom is 0.123 e. The second-order valence-electron chi connectivity index (χ2n) is 7.35. The Labute approximate surface area is 218 Å². The van der Waals surface area contributed by atoms with Crippen LogP contribution < -0.4 is 0 Å². The first kappa shape index (κ1) is 25.8. The van der Waals surface area contributed by atoms with Crippen molar-refractivity contribution in [3.05, 3.63) is 31.9 Å². The first-order valence-electron chi connectivity index (χ1n) is 10.2. The highest BCUT2D eigenvalue weighted by Crippen LogP contribution is 2.11. The lowest BCUT2D eigenvalue weighted by molar-refractivity contribution is 0.0108. The maximum absolute atomic E-state index is 9.92. The molecule has 1 N–H and O–H groups in total. The van der Waals surface area contributed by atoms with Crippen molar-refractivity contribution < 1.29 is 19.3 Å². The van der Waals surface area contributed by atoms with E-state index in [4.69, 9.17) is 14.2 Å². The van der Waals surface area contributed by atoms with Crippen molar-refractivity contribution in [3.63, 3.8) is 0 Å². The average Bonchev–Trinajstić information content (AvgIpc) is 3.67. The fraction of sp³-hybridized carbons (Fsp3) is 0.684. The highest BCUT2D eigenvalue weighted by Gasteiger charge is 2.23. The second-order valence-corrected chi connectivity index (χ2v) is 10.2. The minimum absolute atomic E-state index is 0.367. The van der Waals surface area contributed by atoms with Crippen LogP contribution in [-0.4, -0.2) is 99.3 Å². The molecule has 0 amide bonds. The Balaban J connectivity index is 0.000000153. The van der Waals surface area contributed by atoms with E-state index in [0.29, 0.717) is 25.3 Å². The molecule has 2 aromatic heterocycles. The van der Waals surface area contributed by atoms with Crippen LogP contribution in [0.2, 0.25) is 0 Å². The fourth-order valence-electron chi connectivity index (χ4n) is 2.77. The Morgan fingerprint density at radius 1 is 1.00 bits per heavy atom. The van der Waals surface area contributed by atoms with Crippen LogP contribution in [0.5, 0.6) is 0 Å². The zero-order valence-electron chi connectivity index (χ0n) is 17.2. The number of rotatable bonds is 7. The van der Waals surface area contributed by atoms with Crippen LogP contribution in [0.1, 0.15) is 0 Å². The normalized spacial score (nSPS) is 23.2. The highest BCUT2D eigenvalue weighted by atomic mass is 127. The number of ether oxygens (including phenoxy) is 3. The summed E-state index contributed by atoms with van der Waals surface area (Å²) < 4.78 is 20.8. The van der Waals surface area contributed by atoms with Crippen LogP contribution in [0.25, 0.3) is 0 Å². The SMILES string of the molecule is BrCC1CO1.Ic1ccn(CC2CO2)n1.OC(CN1CCOCC1)Cn1ccc(I)n1. The van der Waals surface area contributed by atoms with E-state index in [1.165, 1.54) is 0 Å². The zero-order valence-corrected chi connectivity index (χ0v) is 23.1. The molecule has 3 fully saturated rings. The molecule has 3 aliphatic heterocycles. The van der Waals surface area contributed by atoms with Gasteiger partial charge in [-0.1, -0.05) is 15.9 Å². The van der Waals surface area contributed by atoms with Gasteiger partial charge in [0, 0.05) is 37.4 Å². The van der Waals surface area contributed by atoms with Gasteiger partial charge >= 0.3 is 0 Å². The number of epoxide rings is 2. The quantitative estimate of drug-likeness (QED) is 0.265. The summed E-state index contributed by atoms with van der Waals surface area (Å²) in [5.74, 6) is 0. The standard InChI is InChI=1S/C10H16IN3O2.C6H7IN2O.C3H5BrO/c11-10-1-2-14(12-10)8-9(15)7-13-3-5-16-6-4-13;7-6-1-2-9(8-6)3-5-4-10-5;4-1-3-2-5-3/h1-2,9,15H,3-8H2;1-2,5H,3-4H2;3H,1-2H2. The van der Waals surface area contributed by atoms with E-state index in [9.17, 15) is 5.11 Å². The Morgan fingerprint density at radius 2 is 1.58 bits per heavy atom. The van der Waals surface area contributed by atoms with Crippen LogP contribution in [0.15, 0.2) is 24.5 Å². The number of nitrogens with zero attached hydrogens (tertiary/aromatic N) is 5. The van der Waals surface area contributed by atoms with Gasteiger partial charge in [0.15, 0.2) is 0 Å². The molecule has 12 heteroatoms. The summed E-state index contributed by atoms with van der Waals surface area (Å²) in [6, 6.07) is 3.92. The smallest absolute Gasteiger partial charge is 0.123 e. The lowest BCUT2D eigenvalue weighted by Crippen LogP contribution is -2.42. The van der Waals surface area contributed by atoms with Gasteiger partial charge in [-0.3, -0.25) is 14.3 Å². The Bertz CT molecular complexity index is 766. The summed E-state index contributed by atoms with van der Waals surface area (Å²) in [6.45, 7) is 7.38. The van der Waals surface area contributed by atoms with E-state index >= 15 is 0 Å². The largest absolute Gasteiger partial charge is 0.390 e. The van der Waals surface area contributed by atoms with Crippen LogP contribution in [0, 0.1) is 7.40 Å². The third kappa shape index (κ3) is 11.2. The molecule has 174 valence electrons. The predicted octanol–water partition coefficient (Wildman–Crippen LogP) is 1.85. The van der Waals surface area contributed by atoms with E-state index in [2.05, 4.69) is 76.2 Å². The van der Waals surface area contributed by atoms with Gasteiger partial charge in [0.2, 0.25) is 0 Å². The van der Waals surface area contributed by atoms with Gasteiger partial charge in [-0.2, -0.15) is 10.2 Å². The lowest BCUT2D eigenvalue weighted by Gasteiger charge is -2.28. The monoisotopic (exact) mass is 723 g/mol. The van der Waals surface area contributed by atoms with Crippen molar-refractivity contribution in [2.24, 2.45) is 0 Å². The minimum atomic E-state index is -0.367. The lowest BCUT2D eigenvalue weighted by atomic mass is 10.3. The molecule has 3 aliphatic rings. The molecule has 0 bridgehead atoms. The Kier molecular flexibility index (Phi) is 11.4. The first-order valence-corrected chi connectivity index (χ1v) is 13.4. The number of alkyl halides is 1. The van der Waals surface area contributed by atoms with Gasteiger partial charge in [-0.25, -0.2) is 0 Å². The zero-order chi connectivity index (χ0) is 22.1. The number of hydrogen-bond donors (Lipinski definition) is 1. The molecular formula is C19H28BrI2N5O4. The summed E-state index contributed by atoms with van der Waals surface area (Å²) in [5, 5.41) is 19.4. The van der Waals surface area contributed by atoms with Crippen molar-refractivity contribution in [3.8, 4) is 0 Å². The number of aliphatic hydroxyl groups is 1. The van der Waals surface area contributed by atoms with E-state index in [1.807, 2.05) is 29.2 Å². The molecule has 5 rings (SSSR count). The molecule has 9 nitrogen and oxygen atoms in total. The second kappa shape index (κ2) is 13.8. The molecule has 0 aliphatic carbocycles. The van der Waals surface area contributed by atoms with Crippen LogP contribution in [0.4, 0.5) is 0 Å². The summed E-state index contributed by atoms with van der Waals surface area (Å²) in [7, 11) is 0. The van der Waals surface area contributed by atoms with Crippen molar-refractivity contribution >= 4 is 61.1 Å². The molecule has 0 spiro atoms. The first-order chi connectivity index (χ1) is 15.0. The highest BCUT2D eigenvalue weighted by molar-refractivity contribution is 14.1. The van der Waals surface area contributed by atoms with Crippen molar-refractivity contribution in [1.82, 2.24) is 24.5 Å². The van der Waals surface area contributed by atoms with Crippen LogP contribution in [-0.2, 0) is 27.3 Å². The van der Waals surface area contributed by atoms with Crippen molar-refractivity contribution in [2.75, 3.05) is 51.4 Å². The average molecular weight is 724 g/mol. The summed E-state index contributed by atoms with van der Waals surface area (Å²) >= 11 is 7.61. The molecule has 0 saturated carbocycles. The molecule has 2 aromatic rings. The minimum Gasteiger partial charge on any atom is -0.390 e. The molecule has 3 saturated heterocycles. The van der Waals surface area contributed by atoms with Crippen molar-refractivity contribution in [1.29, 1.82) is 0 Å². The van der Waals surface area contributed by atoms with E-state index in [1.54, 1.807) is 4.68 Å². The summed E-state index contributed by atoms with van der Waals surface area (Å²) in [6.07, 6.45) is 4.48. The number of hydrogen-bond acceptors (Lipinski definition) is 7. The Hall–Kier alpha value is 0.160. The molecule has 3 atom stereocenters. The predicted molar refractivity (Wildman–Crippen MR) is 136 cm³/mol. The summed E-state index contributed by atoms with van der Waals surface area (Å²) in [4.78, 5) is 2.22. The topological polar surface area (TPSA) is 93.4 Å². The number of aliphatic hydroxyl groups excluding tert-OH is 1. The van der Waals surface area contributed by atoms with Crippen LogP contribution >= 0.6 is 61.1 Å². The fourth-order valence-corrected chi connectivity index (χ4v) is 4.02. The van der Waals surface area contributed by atoms with Gasteiger partial charge in [0.25, 0.3) is 0 Å². The number of β-amino-alcohol motifs (C(OH)–C–C–N with tert-alkyl or cyclic N) is 1. The summed E-state index contributed by atoms with van der Waals surface area (Å²) in [5.41, 5.74) is 0. The van der Waals surface area contributed by atoms with Gasteiger partial charge in [-0.15, -0.1) is 0 Å². The maximum atomic E-state index is 9.92. The molecule has 31 heavy (non-hydrogen) atoms. The third-order valence-corrected chi connectivity index (χ3v) is 6.43.